The van der Waals surface area contributed by atoms with Gasteiger partial charge in [-0.3, -0.25) is 4.79 Å². The fourth-order valence-corrected chi connectivity index (χ4v) is 3.10. The van der Waals surface area contributed by atoms with Crippen molar-refractivity contribution in [2.24, 2.45) is 5.73 Å². The second kappa shape index (κ2) is 8.99. The smallest absolute Gasteiger partial charge is 0.217 e. The van der Waals surface area contributed by atoms with Crippen LogP contribution in [0.25, 0.3) is 0 Å². The van der Waals surface area contributed by atoms with E-state index in [9.17, 15) is 9.18 Å². The Morgan fingerprint density at radius 3 is 2.00 bits per heavy atom. The standard InChI is InChI=1S/C23H22FNO2/c24-19-11-15-21(16-12-19)27-20-13-9-18(10-14-20)22(7-4-8-23(25)26)17-5-2-1-3-6-17/h1-3,5-6,9-16,22H,4,7-8H2,(H2,25,26). The quantitative estimate of drug-likeness (QED) is 0.582. The largest absolute Gasteiger partial charge is 0.457 e. The van der Waals surface area contributed by atoms with E-state index in [0.29, 0.717) is 17.9 Å². The summed E-state index contributed by atoms with van der Waals surface area (Å²) in [7, 11) is 0. The van der Waals surface area contributed by atoms with E-state index in [1.165, 1.54) is 17.7 Å². The van der Waals surface area contributed by atoms with E-state index in [2.05, 4.69) is 12.1 Å². The van der Waals surface area contributed by atoms with E-state index in [4.69, 9.17) is 10.5 Å². The van der Waals surface area contributed by atoms with Crippen LogP contribution in [-0.4, -0.2) is 5.91 Å². The first-order valence-electron chi connectivity index (χ1n) is 8.98. The van der Waals surface area contributed by atoms with Crippen LogP contribution in [0, 0.1) is 5.82 Å². The normalized spacial score (nSPS) is 11.7. The molecule has 0 saturated carbocycles. The van der Waals surface area contributed by atoms with E-state index in [0.717, 1.165) is 18.4 Å². The Balaban J connectivity index is 1.75. The highest BCUT2D eigenvalue weighted by Gasteiger charge is 2.14. The van der Waals surface area contributed by atoms with Gasteiger partial charge in [-0.05, 0) is 60.4 Å². The number of carbonyl (C=O) groups excluding carboxylic acids is 1. The highest BCUT2D eigenvalue weighted by atomic mass is 19.1. The highest BCUT2D eigenvalue weighted by molar-refractivity contribution is 5.73. The van der Waals surface area contributed by atoms with Crippen molar-refractivity contribution in [2.45, 2.75) is 25.2 Å². The monoisotopic (exact) mass is 363 g/mol. The Labute approximate surface area is 158 Å². The van der Waals surface area contributed by atoms with Gasteiger partial charge in [0.1, 0.15) is 17.3 Å². The molecule has 0 aliphatic heterocycles. The fourth-order valence-electron chi connectivity index (χ4n) is 3.10. The SMILES string of the molecule is NC(=O)CCCC(c1ccccc1)c1ccc(Oc2ccc(F)cc2)cc1. The predicted octanol–water partition coefficient (Wildman–Crippen LogP) is 5.41. The molecule has 0 aromatic heterocycles. The number of halogens is 1. The third kappa shape index (κ3) is 5.42. The molecule has 0 aliphatic carbocycles. The zero-order chi connectivity index (χ0) is 19.1. The number of nitrogens with two attached hydrogens (primary N) is 1. The number of primary amides is 1. The molecule has 27 heavy (non-hydrogen) atoms. The maximum atomic E-state index is 13.0. The minimum atomic E-state index is -0.292. The van der Waals surface area contributed by atoms with Gasteiger partial charge in [-0.15, -0.1) is 0 Å². The third-order valence-corrected chi connectivity index (χ3v) is 4.45. The lowest BCUT2D eigenvalue weighted by atomic mass is 9.87. The fraction of sp³-hybridized carbons (Fsp3) is 0.174. The summed E-state index contributed by atoms with van der Waals surface area (Å²) < 4.78 is 18.8. The van der Waals surface area contributed by atoms with Crippen molar-refractivity contribution in [2.75, 3.05) is 0 Å². The Hall–Kier alpha value is -3.14. The molecule has 0 aliphatic rings. The summed E-state index contributed by atoms with van der Waals surface area (Å²) in [5, 5.41) is 0. The van der Waals surface area contributed by atoms with Crippen molar-refractivity contribution in [3.63, 3.8) is 0 Å². The van der Waals surface area contributed by atoms with Crippen molar-refractivity contribution < 1.29 is 13.9 Å². The lowest BCUT2D eigenvalue weighted by Crippen LogP contribution is -2.11. The molecular weight excluding hydrogens is 341 g/mol. The number of hydrogen-bond donors (Lipinski definition) is 1. The molecule has 0 saturated heterocycles. The van der Waals surface area contributed by atoms with Gasteiger partial charge in [0, 0.05) is 12.3 Å². The number of carbonyl (C=O) groups is 1. The topological polar surface area (TPSA) is 52.3 Å². The number of rotatable bonds is 8. The van der Waals surface area contributed by atoms with Gasteiger partial charge in [-0.25, -0.2) is 4.39 Å². The van der Waals surface area contributed by atoms with Gasteiger partial charge >= 0.3 is 0 Å². The predicted molar refractivity (Wildman–Crippen MR) is 104 cm³/mol. The zero-order valence-electron chi connectivity index (χ0n) is 15.0. The van der Waals surface area contributed by atoms with E-state index in [1.807, 2.05) is 42.5 Å². The van der Waals surface area contributed by atoms with Crippen molar-refractivity contribution in [3.8, 4) is 11.5 Å². The van der Waals surface area contributed by atoms with Crippen molar-refractivity contribution >= 4 is 5.91 Å². The van der Waals surface area contributed by atoms with E-state index in [1.54, 1.807) is 12.1 Å². The van der Waals surface area contributed by atoms with Gasteiger partial charge in [0.2, 0.25) is 5.91 Å². The van der Waals surface area contributed by atoms with Gasteiger partial charge in [0.15, 0.2) is 0 Å². The second-order valence-electron chi connectivity index (χ2n) is 6.45. The molecule has 0 spiro atoms. The highest BCUT2D eigenvalue weighted by Crippen LogP contribution is 2.31. The summed E-state index contributed by atoms with van der Waals surface area (Å²) in [6, 6.07) is 24.0. The Morgan fingerprint density at radius 2 is 1.41 bits per heavy atom. The van der Waals surface area contributed by atoms with Crippen LogP contribution in [0.5, 0.6) is 11.5 Å². The van der Waals surface area contributed by atoms with Crippen LogP contribution in [0.1, 0.15) is 36.3 Å². The molecule has 0 radical (unpaired) electrons. The maximum Gasteiger partial charge on any atom is 0.217 e. The maximum absolute atomic E-state index is 13.0. The lowest BCUT2D eigenvalue weighted by Gasteiger charge is -2.18. The molecule has 1 atom stereocenters. The first-order valence-corrected chi connectivity index (χ1v) is 8.98. The molecule has 2 N–H and O–H groups in total. The average Bonchev–Trinajstić information content (AvgIpc) is 2.68. The summed E-state index contributed by atoms with van der Waals surface area (Å²) in [6.45, 7) is 0. The van der Waals surface area contributed by atoms with Gasteiger partial charge in [-0.1, -0.05) is 42.5 Å². The van der Waals surface area contributed by atoms with Crippen LogP contribution in [0.3, 0.4) is 0 Å². The summed E-state index contributed by atoms with van der Waals surface area (Å²) >= 11 is 0. The molecule has 138 valence electrons. The molecule has 3 rings (SSSR count). The molecule has 3 aromatic rings. The van der Waals surface area contributed by atoms with Gasteiger partial charge in [0.25, 0.3) is 0 Å². The van der Waals surface area contributed by atoms with Gasteiger partial charge < -0.3 is 10.5 Å². The van der Waals surface area contributed by atoms with Crippen LogP contribution < -0.4 is 10.5 Å². The molecular formula is C23H22FNO2. The minimum Gasteiger partial charge on any atom is -0.457 e. The van der Waals surface area contributed by atoms with Crippen LogP contribution in [0.15, 0.2) is 78.9 Å². The van der Waals surface area contributed by atoms with Crippen LogP contribution in [0.4, 0.5) is 4.39 Å². The summed E-state index contributed by atoms with van der Waals surface area (Å²) in [5.74, 6) is 0.897. The molecule has 0 fully saturated rings. The molecule has 1 unspecified atom stereocenters. The molecule has 4 heteroatoms. The minimum absolute atomic E-state index is 0.186. The van der Waals surface area contributed by atoms with Gasteiger partial charge in [-0.2, -0.15) is 0 Å². The number of ether oxygens (including phenoxy) is 1. The van der Waals surface area contributed by atoms with Crippen LogP contribution >= 0.6 is 0 Å². The van der Waals surface area contributed by atoms with E-state index in [-0.39, 0.29) is 17.6 Å². The molecule has 3 nitrogen and oxygen atoms in total. The molecule has 1 amide bonds. The van der Waals surface area contributed by atoms with Crippen molar-refractivity contribution in [1.29, 1.82) is 0 Å². The Morgan fingerprint density at radius 1 is 0.852 bits per heavy atom. The molecule has 0 bridgehead atoms. The average molecular weight is 363 g/mol. The lowest BCUT2D eigenvalue weighted by molar-refractivity contribution is -0.118. The third-order valence-electron chi connectivity index (χ3n) is 4.45. The Bertz CT molecular complexity index is 861. The summed E-state index contributed by atoms with van der Waals surface area (Å²) in [6.07, 6.45) is 1.96. The van der Waals surface area contributed by atoms with Crippen LogP contribution in [-0.2, 0) is 4.79 Å². The first-order chi connectivity index (χ1) is 13.1. The summed E-state index contributed by atoms with van der Waals surface area (Å²) in [4.78, 5) is 11.1. The van der Waals surface area contributed by atoms with Crippen molar-refractivity contribution in [3.05, 3.63) is 95.8 Å². The van der Waals surface area contributed by atoms with E-state index >= 15 is 0 Å². The molecule has 0 heterocycles. The Kier molecular flexibility index (Phi) is 6.21. The number of amides is 1. The van der Waals surface area contributed by atoms with E-state index < -0.39 is 0 Å². The van der Waals surface area contributed by atoms with Crippen molar-refractivity contribution in [1.82, 2.24) is 0 Å². The van der Waals surface area contributed by atoms with Crippen LogP contribution in [0.2, 0.25) is 0 Å². The molecule has 3 aromatic carbocycles. The first kappa shape index (κ1) is 18.6. The number of benzene rings is 3. The van der Waals surface area contributed by atoms with Gasteiger partial charge in [0.05, 0.1) is 0 Å². The summed E-state index contributed by atoms with van der Waals surface area (Å²) in [5.41, 5.74) is 7.63. The number of hydrogen-bond acceptors (Lipinski definition) is 2. The second-order valence-corrected chi connectivity index (χ2v) is 6.45. The zero-order valence-corrected chi connectivity index (χ0v) is 15.0.